The quantitative estimate of drug-likeness (QED) is 0.430. The lowest BCUT2D eigenvalue weighted by Gasteiger charge is -2.07. The molecule has 154 valence electrons. The van der Waals surface area contributed by atoms with Gasteiger partial charge in [-0.3, -0.25) is 9.71 Å². The van der Waals surface area contributed by atoms with Gasteiger partial charge >= 0.3 is 0 Å². The van der Waals surface area contributed by atoms with Crippen molar-refractivity contribution < 1.29 is 17.4 Å². The minimum Gasteiger partial charge on any atom is -0.451 e. The van der Waals surface area contributed by atoms with E-state index in [1.807, 2.05) is 13.0 Å². The highest BCUT2D eigenvalue weighted by molar-refractivity contribution is 7.92. The summed E-state index contributed by atoms with van der Waals surface area (Å²) in [7, 11) is -3.76. The van der Waals surface area contributed by atoms with E-state index in [1.165, 1.54) is 6.07 Å². The molecule has 5 aromatic rings. The minimum absolute atomic E-state index is 0.127. The zero-order valence-corrected chi connectivity index (χ0v) is 17.1. The molecule has 0 amide bonds. The van der Waals surface area contributed by atoms with Crippen molar-refractivity contribution in [3.05, 3.63) is 78.6 Å². The van der Waals surface area contributed by atoms with Crippen LogP contribution in [-0.4, -0.2) is 23.5 Å². The number of anilines is 1. The van der Waals surface area contributed by atoms with Gasteiger partial charge in [0.2, 0.25) is 5.82 Å². The number of sulfonamides is 1. The molecule has 0 aliphatic carbocycles. The van der Waals surface area contributed by atoms with Crippen molar-refractivity contribution in [1.29, 1.82) is 0 Å². The molecule has 0 radical (unpaired) electrons. The lowest BCUT2D eigenvalue weighted by molar-refractivity contribution is 0.419. The second-order valence-corrected chi connectivity index (χ2v) is 8.53. The maximum atomic E-state index is 12.8. The van der Waals surface area contributed by atoms with Gasteiger partial charge in [0.05, 0.1) is 4.90 Å². The molecule has 3 heterocycles. The first-order chi connectivity index (χ1) is 15.0. The number of hydrogen-bond acceptors (Lipinski definition) is 7. The molecule has 8 nitrogen and oxygen atoms in total. The highest BCUT2D eigenvalue weighted by Gasteiger charge is 2.22. The Morgan fingerprint density at radius 1 is 0.968 bits per heavy atom. The van der Waals surface area contributed by atoms with E-state index in [0.29, 0.717) is 33.8 Å². The molecule has 0 fully saturated rings. The van der Waals surface area contributed by atoms with Crippen LogP contribution >= 0.6 is 0 Å². The lowest BCUT2D eigenvalue weighted by atomic mass is 10.1. The van der Waals surface area contributed by atoms with Crippen molar-refractivity contribution in [1.82, 2.24) is 15.1 Å². The summed E-state index contributed by atoms with van der Waals surface area (Å²) >= 11 is 0. The molecule has 31 heavy (non-hydrogen) atoms. The highest BCUT2D eigenvalue weighted by atomic mass is 32.2. The molecule has 9 heteroatoms. The van der Waals surface area contributed by atoms with Crippen LogP contribution in [0.3, 0.4) is 0 Å². The van der Waals surface area contributed by atoms with Crippen molar-refractivity contribution in [2.45, 2.75) is 11.8 Å². The van der Waals surface area contributed by atoms with E-state index in [1.54, 1.807) is 60.9 Å². The van der Waals surface area contributed by atoms with Gasteiger partial charge in [0.15, 0.2) is 5.76 Å². The number of rotatable bonds is 5. The number of aromatic nitrogens is 3. The molecule has 1 N–H and O–H groups in total. The number of pyridine rings is 1. The van der Waals surface area contributed by atoms with Crippen LogP contribution in [-0.2, 0) is 10.0 Å². The summed E-state index contributed by atoms with van der Waals surface area (Å²) < 4.78 is 39.5. The first kappa shape index (κ1) is 19.0. The van der Waals surface area contributed by atoms with Crippen molar-refractivity contribution in [2.24, 2.45) is 0 Å². The van der Waals surface area contributed by atoms with Crippen molar-refractivity contribution in [2.75, 3.05) is 4.72 Å². The SMILES string of the molecule is Cc1c(-c2nc(-c3ccncc3)no2)oc2ccc(S(=O)(=O)Nc3ccccc3)cc12. The average Bonchev–Trinajstić information content (AvgIpc) is 3.40. The molecular weight excluding hydrogens is 416 g/mol. The molecule has 0 unspecified atom stereocenters. The summed E-state index contributed by atoms with van der Waals surface area (Å²) in [5.41, 5.74) is 2.48. The van der Waals surface area contributed by atoms with Crippen LogP contribution in [0.4, 0.5) is 5.69 Å². The molecule has 0 bridgehead atoms. The molecule has 0 saturated carbocycles. The third kappa shape index (κ3) is 3.55. The van der Waals surface area contributed by atoms with E-state index in [0.717, 1.165) is 5.56 Å². The third-order valence-corrected chi connectivity index (χ3v) is 6.18. The van der Waals surface area contributed by atoms with E-state index in [9.17, 15) is 8.42 Å². The standard InChI is InChI=1S/C22H16N4O4S/c1-14-18-13-17(31(27,28)26-16-5-3-2-4-6-16)7-8-19(18)29-20(14)22-24-21(25-30-22)15-9-11-23-12-10-15/h2-13,26H,1H3. The van der Waals surface area contributed by atoms with Crippen LogP contribution < -0.4 is 4.72 Å². The van der Waals surface area contributed by atoms with Gasteiger partial charge in [-0.15, -0.1) is 0 Å². The number of furan rings is 1. The number of nitrogens with one attached hydrogen (secondary N) is 1. The molecule has 0 aliphatic rings. The summed E-state index contributed by atoms with van der Waals surface area (Å²) in [5.74, 6) is 1.02. The maximum absolute atomic E-state index is 12.8. The predicted octanol–water partition coefficient (Wildman–Crippen LogP) is 4.65. The number of fused-ring (bicyclic) bond motifs is 1. The van der Waals surface area contributed by atoms with E-state index in [4.69, 9.17) is 8.94 Å². The lowest BCUT2D eigenvalue weighted by Crippen LogP contribution is -2.12. The summed E-state index contributed by atoms with van der Waals surface area (Å²) in [4.78, 5) is 8.51. The Morgan fingerprint density at radius 2 is 1.74 bits per heavy atom. The molecule has 0 saturated heterocycles. The number of benzene rings is 2. The number of hydrogen-bond donors (Lipinski definition) is 1. The Labute approximate surface area is 177 Å². The summed E-state index contributed by atoms with van der Waals surface area (Å²) in [5, 5.41) is 4.65. The summed E-state index contributed by atoms with van der Waals surface area (Å²) in [6.07, 6.45) is 3.28. The normalized spacial score (nSPS) is 11.6. The number of para-hydroxylation sites is 1. The Kier molecular flexibility index (Phi) is 4.52. The molecule has 0 atom stereocenters. The van der Waals surface area contributed by atoms with Gasteiger partial charge in [0.1, 0.15) is 5.58 Å². The second kappa shape index (κ2) is 7.37. The van der Waals surface area contributed by atoms with Gasteiger partial charge in [-0.2, -0.15) is 4.98 Å². The van der Waals surface area contributed by atoms with E-state index >= 15 is 0 Å². The van der Waals surface area contributed by atoms with Crippen molar-refractivity contribution in [3.8, 4) is 23.0 Å². The first-order valence-corrected chi connectivity index (χ1v) is 10.8. The van der Waals surface area contributed by atoms with E-state index < -0.39 is 10.0 Å². The van der Waals surface area contributed by atoms with Crippen LogP contribution in [0.15, 0.2) is 86.9 Å². The monoisotopic (exact) mass is 432 g/mol. The van der Waals surface area contributed by atoms with Crippen LogP contribution in [0.25, 0.3) is 34.0 Å². The Hall–Kier alpha value is -3.98. The molecule has 3 aromatic heterocycles. The minimum atomic E-state index is -3.76. The Balaban J connectivity index is 1.52. The zero-order chi connectivity index (χ0) is 21.4. The number of nitrogens with zero attached hydrogens (tertiary/aromatic N) is 3. The highest BCUT2D eigenvalue weighted by Crippen LogP contribution is 2.34. The van der Waals surface area contributed by atoms with Gasteiger partial charge in [-0.1, -0.05) is 23.4 Å². The fraction of sp³-hybridized carbons (Fsp3) is 0.0455. The van der Waals surface area contributed by atoms with Crippen LogP contribution in [0.1, 0.15) is 5.56 Å². The smallest absolute Gasteiger partial charge is 0.294 e. The van der Waals surface area contributed by atoms with Crippen molar-refractivity contribution in [3.63, 3.8) is 0 Å². The van der Waals surface area contributed by atoms with Gasteiger partial charge in [-0.25, -0.2) is 8.42 Å². The van der Waals surface area contributed by atoms with Crippen molar-refractivity contribution >= 4 is 26.7 Å². The van der Waals surface area contributed by atoms with Gasteiger partial charge < -0.3 is 8.94 Å². The number of aryl methyl sites for hydroxylation is 1. The third-order valence-electron chi connectivity index (χ3n) is 4.80. The van der Waals surface area contributed by atoms with E-state index in [-0.39, 0.29) is 10.8 Å². The second-order valence-electron chi connectivity index (χ2n) is 6.84. The molecule has 2 aromatic carbocycles. The van der Waals surface area contributed by atoms with Gasteiger partial charge in [0.25, 0.3) is 15.9 Å². The van der Waals surface area contributed by atoms with Crippen LogP contribution in [0, 0.1) is 6.92 Å². The van der Waals surface area contributed by atoms with Gasteiger partial charge in [-0.05, 0) is 49.4 Å². The summed E-state index contributed by atoms with van der Waals surface area (Å²) in [6, 6.07) is 17.0. The average molecular weight is 432 g/mol. The van der Waals surface area contributed by atoms with E-state index in [2.05, 4.69) is 19.8 Å². The Morgan fingerprint density at radius 3 is 2.52 bits per heavy atom. The first-order valence-electron chi connectivity index (χ1n) is 9.37. The van der Waals surface area contributed by atoms with Gasteiger partial charge in [0, 0.05) is 34.6 Å². The molecular formula is C22H16N4O4S. The molecule has 0 spiro atoms. The Bertz CT molecular complexity index is 1480. The summed E-state index contributed by atoms with van der Waals surface area (Å²) in [6.45, 7) is 1.82. The molecule has 0 aliphatic heterocycles. The van der Waals surface area contributed by atoms with Crippen LogP contribution in [0.2, 0.25) is 0 Å². The fourth-order valence-electron chi connectivity index (χ4n) is 3.23. The molecule has 5 rings (SSSR count). The topological polar surface area (TPSA) is 111 Å². The predicted molar refractivity (Wildman–Crippen MR) is 115 cm³/mol. The fourth-order valence-corrected chi connectivity index (χ4v) is 4.31. The zero-order valence-electron chi connectivity index (χ0n) is 16.3. The largest absolute Gasteiger partial charge is 0.451 e. The maximum Gasteiger partial charge on any atom is 0.294 e. The van der Waals surface area contributed by atoms with Crippen LogP contribution in [0.5, 0.6) is 0 Å².